The van der Waals surface area contributed by atoms with Crippen molar-refractivity contribution in [3.63, 3.8) is 0 Å². The van der Waals surface area contributed by atoms with Crippen LogP contribution in [0.15, 0.2) is 12.2 Å². The number of nitrogens with one attached hydrogen (secondary N) is 1. The first kappa shape index (κ1) is 18.5. The predicted molar refractivity (Wildman–Crippen MR) is 64.9 cm³/mol. The van der Waals surface area contributed by atoms with Gasteiger partial charge in [-0.05, 0) is 6.92 Å². The molecule has 1 atom stereocenters. The fourth-order valence-electron chi connectivity index (χ4n) is 0.464. The molecule has 18 heavy (non-hydrogen) atoms. The van der Waals surface area contributed by atoms with Gasteiger partial charge in [0, 0.05) is 19.4 Å². The first-order chi connectivity index (χ1) is 8.16. The van der Waals surface area contributed by atoms with Crippen LogP contribution in [0.1, 0.15) is 20.8 Å². The van der Waals surface area contributed by atoms with Crippen LogP contribution in [0.3, 0.4) is 0 Å². The van der Waals surface area contributed by atoms with E-state index in [2.05, 4.69) is 6.58 Å². The summed E-state index contributed by atoms with van der Waals surface area (Å²) in [6.45, 7) is 8.73. The minimum Gasteiger partial charge on any atom is -0.481 e. The number of carbonyl (C=O) groups is 2. The van der Waals surface area contributed by atoms with Crippen LogP contribution >= 0.6 is 0 Å². The van der Waals surface area contributed by atoms with Gasteiger partial charge in [-0.2, -0.15) is 0 Å². The van der Waals surface area contributed by atoms with Crippen molar-refractivity contribution in [2.75, 3.05) is 13.2 Å². The summed E-state index contributed by atoms with van der Waals surface area (Å²) in [4.78, 5) is 18.0. The monoisotopic (exact) mass is 261 g/mol. The van der Waals surface area contributed by atoms with E-state index in [1.54, 1.807) is 6.92 Å². The van der Waals surface area contributed by atoms with Crippen LogP contribution in [0.2, 0.25) is 0 Å². The van der Waals surface area contributed by atoms with E-state index < -0.39 is 11.9 Å². The molecule has 104 valence electrons. The molecule has 0 radical (unpaired) electrons. The highest BCUT2D eigenvalue weighted by Crippen LogP contribution is 2.09. The summed E-state index contributed by atoms with van der Waals surface area (Å²) < 4.78 is 9.87. The van der Waals surface area contributed by atoms with E-state index in [1.807, 2.05) is 0 Å². The third kappa shape index (κ3) is 23.7. The number of hydrogen-bond acceptors (Lipinski definition) is 5. The van der Waals surface area contributed by atoms with Crippen molar-refractivity contribution in [3.8, 4) is 0 Å². The summed E-state index contributed by atoms with van der Waals surface area (Å²) in [5.41, 5.74) is 0.653. The summed E-state index contributed by atoms with van der Waals surface area (Å²) >= 11 is 0. The highest BCUT2D eigenvalue weighted by atomic mass is 16.6. The second-order valence-corrected chi connectivity index (χ2v) is 3.41. The summed E-state index contributed by atoms with van der Waals surface area (Å²) in [5.74, 6) is -1.50. The zero-order chi connectivity index (χ0) is 14.7. The quantitative estimate of drug-likeness (QED) is 0.398. The van der Waals surface area contributed by atoms with E-state index in [0.29, 0.717) is 12.2 Å². The molecule has 1 saturated heterocycles. The molecule has 1 rings (SSSR count). The van der Waals surface area contributed by atoms with E-state index >= 15 is 0 Å². The SMILES string of the molecule is C=C(C)C(=N)OCC1CO1.CC(=O)O.CC(=O)O. The lowest BCUT2D eigenvalue weighted by molar-refractivity contribution is -0.135. The molecule has 1 aliphatic heterocycles. The maximum Gasteiger partial charge on any atom is 0.300 e. The van der Waals surface area contributed by atoms with E-state index in [1.165, 1.54) is 0 Å². The molecule has 0 aromatic heterocycles. The van der Waals surface area contributed by atoms with Crippen molar-refractivity contribution in [2.24, 2.45) is 0 Å². The normalized spacial score (nSPS) is 14.9. The summed E-state index contributed by atoms with van der Waals surface area (Å²) in [5, 5.41) is 22.0. The maximum atomic E-state index is 9.00. The number of rotatable bonds is 3. The molecule has 0 amide bonds. The minimum absolute atomic E-state index is 0.163. The molecule has 7 nitrogen and oxygen atoms in total. The third-order valence-electron chi connectivity index (χ3n) is 1.20. The lowest BCUT2D eigenvalue weighted by Gasteiger charge is -2.03. The van der Waals surface area contributed by atoms with Crippen LogP contribution in [0.5, 0.6) is 0 Å². The zero-order valence-electron chi connectivity index (χ0n) is 10.7. The average molecular weight is 261 g/mol. The Labute approximate surface area is 106 Å². The molecule has 0 saturated carbocycles. The number of hydrogen-bond donors (Lipinski definition) is 3. The first-order valence-corrected chi connectivity index (χ1v) is 5.04. The number of aliphatic carboxylic acids is 2. The van der Waals surface area contributed by atoms with E-state index in [9.17, 15) is 0 Å². The standard InChI is InChI=1S/C7H11NO2.2C2H4O2/c1-5(2)7(8)10-4-6-3-9-6;2*1-2(3)4/h6,8H,1,3-4H2,2H3;2*1H3,(H,3,4). The second-order valence-electron chi connectivity index (χ2n) is 3.41. The Morgan fingerprint density at radius 2 is 1.67 bits per heavy atom. The molecule has 3 N–H and O–H groups in total. The molecular formula is C11H19NO6. The Balaban J connectivity index is 0. The highest BCUT2D eigenvalue weighted by Gasteiger charge is 2.23. The van der Waals surface area contributed by atoms with Gasteiger partial charge in [-0.1, -0.05) is 6.58 Å². The number of epoxide rings is 1. The fraction of sp³-hybridized carbons (Fsp3) is 0.545. The zero-order valence-corrected chi connectivity index (χ0v) is 10.7. The number of carboxylic acids is 2. The van der Waals surface area contributed by atoms with Crippen molar-refractivity contribution >= 4 is 17.8 Å². The molecule has 1 unspecified atom stereocenters. The van der Waals surface area contributed by atoms with Crippen LogP contribution in [0.4, 0.5) is 0 Å². The van der Waals surface area contributed by atoms with Gasteiger partial charge < -0.3 is 19.7 Å². The Kier molecular flexibility index (Phi) is 10.5. The first-order valence-electron chi connectivity index (χ1n) is 5.04. The second kappa shape index (κ2) is 10.3. The van der Waals surface area contributed by atoms with Crippen molar-refractivity contribution in [2.45, 2.75) is 26.9 Å². The Morgan fingerprint density at radius 1 is 1.33 bits per heavy atom. The molecule has 0 aromatic carbocycles. The predicted octanol–water partition coefficient (Wildman–Crippen LogP) is 1.14. The van der Waals surface area contributed by atoms with Gasteiger partial charge in [0.1, 0.15) is 12.7 Å². The van der Waals surface area contributed by atoms with E-state index in [-0.39, 0.29) is 12.0 Å². The summed E-state index contributed by atoms with van der Waals surface area (Å²) in [7, 11) is 0. The number of carboxylic acid groups (broad SMARTS) is 2. The smallest absolute Gasteiger partial charge is 0.300 e. The minimum atomic E-state index is -0.833. The van der Waals surface area contributed by atoms with Gasteiger partial charge in [-0.3, -0.25) is 15.0 Å². The molecule has 1 heterocycles. The van der Waals surface area contributed by atoms with E-state index in [0.717, 1.165) is 20.5 Å². The van der Waals surface area contributed by atoms with Gasteiger partial charge in [0.2, 0.25) is 5.90 Å². The molecule has 0 spiro atoms. The lowest BCUT2D eigenvalue weighted by atomic mass is 10.3. The van der Waals surface area contributed by atoms with Gasteiger partial charge in [0.15, 0.2) is 0 Å². The average Bonchev–Trinajstić information content (AvgIpc) is 2.95. The van der Waals surface area contributed by atoms with Crippen molar-refractivity contribution in [3.05, 3.63) is 12.2 Å². The molecule has 0 aliphatic carbocycles. The van der Waals surface area contributed by atoms with Gasteiger partial charge in [0.25, 0.3) is 11.9 Å². The van der Waals surface area contributed by atoms with Crippen LogP contribution in [-0.4, -0.2) is 47.4 Å². The van der Waals surface area contributed by atoms with Crippen LogP contribution in [0, 0.1) is 5.41 Å². The van der Waals surface area contributed by atoms with Crippen LogP contribution < -0.4 is 0 Å². The summed E-state index contributed by atoms with van der Waals surface area (Å²) in [6.07, 6.45) is 0.222. The van der Waals surface area contributed by atoms with E-state index in [4.69, 9.17) is 34.7 Å². The van der Waals surface area contributed by atoms with Gasteiger partial charge >= 0.3 is 0 Å². The Hall–Kier alpha value is -1.89. The molecular weight excluding hydrogens is 242 g/mol. The van der Waals surface area contributed by atoms with Crippen molar-refractivity contribution in [1.29, 1.82) is 5.41 Å². The molecule has 0 bridgehead atoms. The van der Waals surface area contributed by atoms with Gasteiger partial charge in [-0.15, -0.1) is 0 Å². The Bertz CT molecular complexity index is 289. The topological polar surface area (TPSA) is 120 Å². The fourth-order valence-corrected chi connectivity index (χ4v) is 0.464. The maximum absolute atomic E-state index is 9.00. The largest absolute Gasteiger partial charge is 0.481 e. The molecule has 1 fully saturated rings. The molecule has 7 heteroatoms. The lowest BCUT2D eigenvalue weighted by Crippen LogP contribution is -2.08. The van der Waals surface area contributed by atoms with Crippen LogP contribution in [-0.2, 0) is 19.1 Å². The van der Waals surface area contributed by atoms with Crippen molar-refractivity contribution < 1.29 is 29.3 Å². The summed E-state index contributed by atoms with van der Waals surface area (Å²) in [6, 6.07) is 0. The van der Waals surface area contributed by atoms with Crippen LogP contribution in [0.25, 0.3) is 0 Å². The molecule has 1 aliphatic rings. The molecule has 0 aromatic rings. The Morgan fingerprint density at radius 3 is 1.89 bits per heavy atom. The highest BCUT2D eigenvalue weighted by molar-refractivity contribution is 5.89. The van der Waals surface area contributed by atoms with Gasteiger partial charge in [0.05, 0.1) is 6.61 Å². The van der Waals surface area contributed by atoms with Gasteiger partial charge in [-0.25, -0.2) is 0 Å². The number of ether oxygens (including phenoxy) is 2. The third-order valence-corrected chi connectivity index (χ3v) is 1.20. The van der Waals surface area contributed by atoms with Crippen molar-refractivity contribution in [1.82, 2.24) is 0 Å².